The van der Waals surface area contributed by atoms with E-state index in [4.69, 9.17) is 0 Å². The van der Waals surface area contributed by atoms with Crippen LogP contribution >= 0.6 is 0 Å². The monoisotopic (exact) mass is 490 g/mol. The van der Waals surface area contributed by atoms with Crippen molar-refractivity contribution in [3.8, 4) is 0 Å². The Labute approximate surface area is 205 Å². The molecular formula is C28H42O5S. The maximum Gasteiger partial charge on any atom is 0.294 e. The lowest BCUT2D eigenvalue weighted by Crippen LogP contribution is -2.52. The molecule has 0 saturated heterocycles. The topological polar surface area (TPSA) is 94.8 Å². The van der Waals surface area contributed by atoms with Crippen molar-refractivity contribution >= 4 is 10.1 Å². The van der Waals surface area contributed by atoms with Gasteiger partial charge in [0.2, 0.25) is 0 Å². The van der Waals surface area contributed by atoms with Crippen molar-refractivity contribution < 1.29 is 23.2 Å². The quantitative estimate of drug-likeness (QED) is 0.346. The molecular weight excluding hydrogens is 448 g/mol. The van der Waals surface area contributed by atoms with Crippen LogP contribution < -0.4 is 0 Å². The lowest BCUT2D eigenvalue weighted by atomic mass is 9.52. The van der Waals surface area contributed by atoms with Gasteiger partial charge < -0.3 is 10.2 Å². The number of aryl methyl sites for hydroxylation is 1. The van der Waals surface area contributed by atoms with E-state index in [0.29, 0.717) is 23.7 Å². The molecule has 4 rings (SSSR count). The van der Waals surface area contributed by atoms with Crippen molar-refractivity contribution in [1.29, 1.82) is 0 Å². The minimum atomic E-state index is -4.20. The summed E-state index contributed by atoms with van der Waals surface area (Å²) in [4.78, 5) is -0.0240. The van der Waals surface area contributed by atoms with E-state index in [1.54, 1.807) is 6.07 Å². The van der Waals surface area contributed by atoms with E-state index < -0.39 is 15.7 Å². The van der Waals surface area contributed by atoms with Crippen LogP contribution in [0.15, 0.2) is 34.7 Å². The van der Waals surface area contributed by atoms with E-state index in [1.807, 2.05) is 13.0 Å². The van der Waals surface area contributed by atoms with Crippen molar-refractivity contribution in [2.45, 2.75) is 95.5 Å². The minimum absolute atomic E-state index is 0.0240. The predicted molar refractivity (Wildman–Crippen MR) is 134 cm³/mol. The molecule has 6 atom stereocenters. The Bertz CT molecular complexity index is 1040. The molecule has 3 aliphatic rings. The minimum Gasteiger partial charge on any atom is -0.396 e. The molecule has 0 bridgehead atoms. The molecule has 2 saturated carbocycles. The van der Waals surface area contributed by atoms with Crippen molar-refractivity contribution in [2.24, 2.45) is 29.1 Å². The van der Waals surface area contributed by atoms with Crippen LogP contribution in [0.2, 0.25) is 0 Å². The van der Waals surface area contributed by atoms with Gasteiger partial charge in [0, 0.05) is 12.0 Å². The van der Waals surface area contributed by atoms with Crippen LogP contribution in [0.3, 0.4) is 0 Å². The first-order valence-corrected chi connectivity index (χ1v) is 14.5. The fourth-order valence-corrected chi connectivity index (χ4v) is 8.64. The zero-order valence-corrected chi connectivity index (χ0v) is 21.9. The number of allylic oxidation sites excluding steroid dienone is 2. The van der Waals surface area contributed by atoms with E-state index >= 15 is 0 Å². The van der Waals surface area contributed by atoms with Crippen LogP contribution in [-0.4, -0.2) is 35.4 Å². The summed E-state index contributed by atoms with van der Waals surface area (Å²) in [5, 5.41) is 22.5. The zero-order chi connectivity index (χ0) is 24.9. The summed E-state index contributed by atoms with van der Waals surface area (Å²) in [6.07, 6.45) is 9.35. The van der Waals surface area contributed by atoms with E-state index in [-0.39, 0.29) is 22.8 Å². The molecule has 1 aromatic rings. The van der Waals surface area contributed by atoms with Gasteiger partial charge in [0.25, 0.3) is 10.1 Å². The molecule has 2 fully saturated rings. The third kappa shape index (κ3) is 4.40. The molecule has 0 radical (unpaired) electrons. The smallest absolute Gasteiger partial charge is 0.294 e. The Balaban J connectivity index is 1.58. The van der Waals surface area contributed by atoms with Gasteiger partial charge in [-0.15, -0.1) is 0 Å². The average molecular weight is 491 g/mol. The van der Waals surface area contributed by atoms with Gasteiger partial charge in [-0.05, 0) is 118 Å². The molecule has 3 N–H and O–H groups in total. The van der Waals surface area contributed by atoms with Gasteiger partial charge in [0.15, 0.2) is 0 Å². The van der Waals surface area contributed by atoms with Gasteiger partial charge in [-0.2, -0.15) is 8.42 Å². The third-order valence-electron chi connectivity index (χ3n) is 9.79. The number of hydrogen-bond acceptors (Lipinski definition) is 4. The normalized spacial score (nSPS) is 33.2. The Hall–Kier alpha value is -1.21. The molecule has 5 nitrogen and oxygen atoms in total. The standard InChI is InChI=1S/C28H42O5S/c1-5-19(18(2)3)12-14-27(4,30)26-11-10-25-24-8-6-20-16-21(34(31,32)33)7-9-22(20)23(24)13-15-28(25,26)17-29/h5,7,9,16,18,23-26,29-30H,6,8,10-15,17H2,1-4H3,(H,31,32,33)/b19-5+/t23-,24-,25+,26-,27+,28-/m1/s1. The Morgan fingerprint density at radius 3 is 2.59 bits per heavy atom. The summed E-state index contributed by atoms with van der Waals surface area (Å²) in [5.74, 6) is 1.72. The molecule has 1 aromatic carbocycles. The summed E-state index contributed by atoms with van der Waals surface area (Å²) in [5.41, 5.74) is 2.56. The van der Waals surface area contributed by atoms with E-state index in [2.05, 4.69) is 26.8 Å². The van der Waals surface area contributed by atoms with Crippen LogP contribution in [0.5, 0.6) is 0 Å². The number of aliphatic hydroxyl groups excluding tert-OH is 1. The number of benzene rings is 1. The van der Waals surface area contributed by atoms with Gasteiger partial charge in [-0.1, -0.05) is 31.6 Å². The van der Waals surface area contributed by atoms with E-state index in [0.717, 1.165) is 56.9 Å². The molecule has 0 spiro atoms. The second-order valence-electron chi connectivity index (χ2n) is 11.7. The maximum absolute atomic E-state index is 11.7. The van der Waals surface area contributed by atoms with Gasteiger partial charge in [-0.25, -0.2) is 0 Å². The van der Waals surface area contributed by atoms with Crippen LogP contribution in [-0.2, 0) is 16.5 Å². The maximum atomic E-state index is 11.7. The zero-order valence-electron chi connectivity index (χ0n) is 21.1. The second-order valence-corrected chi connectivity index (χ2v) is 13.1. The molecule has 34 heavy (non-hydrogen) atoms. The van der Waals surface area contributed by atoms with Gasteiger partial charge in [0.05, 0.1) is 10.5 Å². The molecule has 0 heterocycles. The molecule has 0 amide bonds. The van der Waals surface area contributed by atoms with Gasteiger partial charge in [0.1, 0.15) is 0 Å². The first kappa shape index (κ1) is 25.9. The van der Waals surface area contributed by atoms with Gasteiger partial charge in [-0.3, -0.25) is 4.55 Å². The SMILES string of the molecule is C/C=C(\CC[C@](C)(O)[C@H]1CC[C@H]2[C@@H]3CCc4cc(S(=O)(=O)O)ccc4[C@H]3CC[C@@]21CO)C(C)C. The van der Waals surface area contributed by atoms with E-state index in [9.17, 15) is 23.2 Å². The highest BCUT2D eigenvalue weighted by molar-refractivity contribution is 7.85. The highest BCUT2D eigenvalue weighted by atomic mass is 32.2. The second kappa shape index (κ2) is 9.34. The summed E-state index contributed by atoms with van der Waals surface area (Å²) < 4.78 is 32.7. The van der Waals surface area contributed by atoms with Crippen molar-refractivity contribution in [3.05, 3.63) is 41.0 Å². The molecule has 190 valence electrons. The van der Waals surface area contributed by atoms with Crippen LogP contribution in [0.4, 0.5) is 0 Å². The van der Waals surface area contributed by atoms with Crippen molar-refractivity contribution in [1.82, 2.24) is 0 Å². The third-order valence-corrected chi connectivity index (χ3v) is 10.6. The van der Waals surface area contributed by atoms with Crippen molar-refractivity contribution in [3.63, 3.8) is 0 Å². The fraction of sp³-hybridized carbons (Fsp3) is 0.714. The Morgan fingerprint density at radius 1 is 1.24 bits per heavy atom. The highest BCUT2D eigenvalue weighted by Crippen LogP contribution is 2.65. The Morgan fingerprint density at radius 2 is 1.97 bits per heavy atom. The van der Waals surface area contributed by atoms with E-state index in [1.165, 1.54) is 17.2 Å². The number of hydrogen-bond donors (Lipinski definition) is 3. The number of aliphatic hydroxyl groups is 2. The first-order valence-electron chi connectivity index (χ1n) is 13.0. The average Bonchev–Trinajstić information content (AvgIpc) is 3.19. The summed E-state index contributed by atoms with van der Waals surface area (Å²) in [7, 11) is -4.20. The molecule has 0 aromatic heterocycles. The number of fused-ring (bicyclic) bond motifs is 5. The molecule has 0 aliphatic heterocycles. The summed E-state index contributed by atoms with van der Waals surface area (Å²) >= 11 is 0. The first-order chi connectivity index (χ1) is 15.9. The molecule has 6 heteroatoms. The fourth-order valence-electron chi connectivity index (χ4n) is 8.10. The predicted octanol–water partition coefficient (Wildman–Crippen LogP) is 5.51. The van der Waals surface area contributed by atoms with Crippen LogP contribution in [0, 0.1) is 29.1 Å². The largest absolute Gasteiger partial charge is 0.396 e. The van der Waals surface area contributed by atoms with Gasteiger partial charge >= 0.3 is 0 Å². The number of rotatable bonds is 7. The molecule has 3 aliphatic carbocycles. The molecule has 0 unspecified atom stereocenters. The van der Waals surface area contributed by atoms with Crippen LogP contribution in [0.1, 0.15) is 89.7 Å². The van der Waals surface area contributed by atoms with Crippen molar-refractivity contribution in [2.75, 3.05) is 6.61 Å². The Kier molecular flexibility index (Phi) is 7.11. The lowest BCUT2D eigenvalue weighted by Gasteiger charge is -2.54. The summed E-state index contributed by atoms with van der Waals surface area (Å²) in [6.45, 7) is 8.59. The lowest BCUT2D eigenvalue weighted by molar-refractivity contribution is -0.113. The summed E-state index contributed by atoms with van der Waals surface area (Å²) in [6, 6.07) is 5.07. The highest BCUT2D eigenvalue weighted by Gasteiger charge is 2.60. The van der Waals surface area contributed by atoms with Crippen LogP contribution in [0.25, 0.3) is 0 Å².